The van der Waals surface area contributed by atoms with Crippen LogP contribution in [0.1, 0.15) is 37.0 Å². The first-order chi connectivity index (χ1) is 15.2. The maximum atomic E-state index is 12.9. The number of rotatable bonds is 7. The highest BCUT2D eigenvalue weighted by Gasteiger charge is 2.26. The molecule has 3 rings (SSSR count). The summed E-state index contributed by atoms with van der Waals surface area (Å²) >= 11 is 0. The number of carbonyl (C=O) groups is 2. The predicted molar refractivity (Wildman–Crippen MR) is 121 cm³/mol. The average Bonchev–Trinajstić information content (AvgIpc) is 2.74. The Morgan fingerprint density at radius 3 is 2.47 bits per heavy atom. The Balaban J connectivity index is 1.73. The molecule has 3 aromatic rings. The van der Waals surface area contributed by atoms with Crippen molar-refractivity contribution in [1.82, 2.24) is 5.32 Å². The molecule has 0 fully saturated rings. The van der Waals surface area contributed by atoms with Crippen LogP contribution in [0.4, 0.5) is 4.79 Å². The first-order valence-corrected chi connectivity index (χ1v) is 10.5. The Kier molecular flexibility index (Phi) is 7.30. The van der Waals surface area contributed by atoms with Gasteiger partial charge >= 0.3 is 17.7 Å². The van der Waals surface area contributed by atoms with Crippen LogP contribution in [0.3, 0.4) is 0 Å². The fraction of sp³-hybridized carbons (Fsp3) is 0.320. The molecule has 0 bridgehead atoms. The van der Waals surface area contributed by atoms with Crippen LogP contribution in [-0.2, 0) is 16.1 Å². The van der Waals surface area contributed by atoms with E-state index in [4.69, 9.17) is 13.9 Å². The normalized spacial score (nSPS) is 11.9. The van der Waals surface area contributed by atoms with Gasteiger partial charge in [0.1, 0.15) is 24.0 Å². The van der Waals surface area contributed by atoms with Gasteiger partial charge < -0.3 is 19.2 Å². The summed E-state index contributed by atoms with van der Waals surface area (Å²) in [4.78, 5) is 37.0. The van der Waals surface area contributed by atoms with Crippen molar-refractivity contribution in [2.45, 2.75) is 46.8 Å². The van der Waals surface area contributed by atoms with Gasteiger partial charge in [-0.25, -0.2) is 14.4 Å². The predicted octanol–water partition coefficient (Wildman–Crippen LogP) is 4.66. The van der Waals surface area contributed by atoms with E-state index in [0.717, 1.165) is 16.5 Å². The third-order valence-corrected chi connectivity index (χ3v) is 5.03. The summed E-state index contributed by atoms with van der Waals surface area (Å²) in [5.74, 6) is -0.224. The number of amides is 1. The topological polar surface area (TPSA) is 94.8 Å². The number of hydrogen-bond donors (Lipinski definition) is 1. The molecule has 0 aliphatic carbocycles. The van der Waals surface area contributed by atoms with Crippen LogP contribution in [0.25, 0.3) is 11.0 Å². The minimum Gasteiger partial charge on any atom is -0.445 e. The summed E-state index contributed by atoms with van der Waals surface area (Å²) in [6.07, 6.45) is -0.326. The van der Waals surface area contributed by atoms with E-state index in [2.05, 4.69) is 5.32 Å². The Bertz CT molecular complexity index is 1170. The van der Waals surface area contributed by atoms with Crippen LogP contribution in [0.2, 0.25) is 0 Å². The van der Waals surface area contributed by atoms with Crippen LogP contribution in [0, 0.1) is 19.8 Å². The van der Waals surface area contributed by atoms with E-state index in [1.807, 2.05) is 51.1 Å². The zero-order valence-electron chi connectivity index (χ0n) is 18.6. The SMILES string of the molecule is Cc1cc(=O)oc2c(C)c(OC(=O)[C@@H](CC(C)C)NC(=O)OCc3ccccc3)ccc12. The first kappa shape index (κ1) is 23.1. The minimum absolute atomic E-state index is 0.0955. The van der Waals surface area contributed by atoms with Gasteiger partial charge in [-0.1, -0.05) is 44.2 Å². The lowest BCUT2D eigenvalue weighted by Crippen LogP contribution is -2.44. The number of carbonyl (C=O) groups excluding carboxylic acids is 2. The number of aryl methyl sites for hydroxylation is 2. The highest BCUT2D eigenvalue weighted by molar-refractivity contribution is 5.87. The van der Waals surface area contributed by atoms with E-state index >= 15 is 0 Å². The van der Waals surface area contributed by atoms with E-state index in [1.165, 1.54) is 6.07 Å². The molecule has 0 aliphatic heterocycles. The van der Waals surface area contributed by atoms with E-state index < -0.39 is 23.7 Å². The molecule has 7 nitrogen and oxygen atoms in total. The van der Waals surface area contributed by atoms with Gasteiger partial charge in [-0.2, -0.15) is 0 Å². The van der Waals surface area contributed by atoms with Crippen molar-refractivity contribution in [1.29, 1.82) is 0 Å². The van der Waals surface area contributed by atoms with Crippen LogP contribution in [0.5, 0.6) is 5.75 Å². The molecule has 7 heteroatoms. The van der Waals surface area contributed by atoms with Gasteiger partial charge in [-0.05, 0) is 49.4 Å². The highest BCUT2D eigenvalue weighted by Crippen LogP contribution is 2.28. The molecule has 1 atom stereocenters. The number of esters is 1. The zero-order valence-corrected chi connectivity index (χ0v) is 18.6. The van der Waals surface area contributed by atoms with Crippen LogP contribution in [-0.4, -0.2) is 18.1 Å². The summed E-state index contributed by atoms with van der Waals surface area (Å²) in [5, 5.41) is 3.37. The molecule has 2 aromatic carbocycles. The molecule has 168 valence electrons. The van der Waals surface area contributed by atoms with Crippen molar-refractivity contribution in [3.63, 3.8) is 0 Å². The Hall–Kier alpha value is -3.61. The maximum absolute atomic E-state index is 12.9. The van der Waals surface area contributed by atoms with Gasteiger partial charge in [-0.3, -0.25) is 0 Å². The fourth-order valence-electron chi connectivity index (χ4n) is 3.38. The molecule has 0 radical (unpaired) electrons. The molecular weight excluding hydrogens is 410 g/mol. The molecule has 1 amide bonds. The summed E-state index contributed by atoms with van der Waals surface area (Å²) in [7, 11) is 0. The van der Waals surface area contributed by atoms with Gasteiger partial charge in [0.2, 0.25) is 0 Å². The van der Waals surface area contributed by atoms with Crippen molar-refractivity contribution in [2.75, 3.05) is 0 Å². The van der Waals surface area contributed by atoms with Crippen molar-refractivity contribution < 1.29 is 23.5 Å². The minimum atomic E-state index is -0.891. The molecule has 0 spiro atoms. The average molecular weight is 437 g/mol. The molecule has 1 N–H and O–H groups in total. The zero-order chi connectivity index (χ0) is 23.3. The van der Waals surface area contributed by atoms with E-state index in [1.54, 1.807) is 19.1 Å². The Morgan fingerprint density at radius 2 is 1.78 bits per heavy atom. The largest absolute Gasteiger partial charge is 0.445 e. The second kappa shape index (κ2) is 10.1. The highest BCUT2D eigenvalue weighted by atomic mass is 16.6. The van der Waals surface area contributed by atoms with Gasteiger partial charge in [0.25, 0.3) is 0 Å². The van der Waals surface area contributed by atoms with Crippen LogP contribution >= 0.6 is 0 Å². The van der Waals surface area contributed by atoms with E-state index in [9.17, 15) is 14.4 Å². The lowest BCUT2D eigenvalue weighted by molar-refractivity contribution is -0.137. The second-order valence-electron chi connectivity index (χ2n) is 8.12. The van der Waals surface area contributed by atoms with Crippen LogP contribution < -0.4 is 15.7 Å². The van der Waals surface area contributed by atoms with Gasteiger partial charge in [-0.15, -0.1) is 0 Å². The van der Waals surface area contributed by atoms with Crippen molar-refractivity contribution >= 4 is 23.0 Å². The number of fused-ring (bicyclic) bond motifs is 1. The number of alkyl carbamates (subject to hydrolysis) is 1. The summed E-state index contributed by atoms with van der Waals surface area (Å²) in [6.45, 7) is 7.50. The number of ether oxygens (including phenoxy) is 2. The lowest BCUT2D eigenvalue weighted by atomic mass is 10.0. The molecular formula is C25H27NO6. The molecule has 0 saturated carbocycles. The molecule has 32 heavy (non-hydrogen) atoms. The van der Waals surface area contributed by atoms with Gasteiger partial charge in [0.05, 0.1) is 0 Å². The molecule has 1 heterocycles. The summed E-state index contributed by atoms with van der Waals surface area (Å²) in [5.41, 5.74) is 2.05. The quantitative estimate of drug-likeness (QED) is 0.328. The van der Waals surface area contributed by atoms with Crippen molar-refractivity contribution in [3.05, 3.63) is 75.6 Å². The molecule has 0 saturated heterocycles. The van der Waals surface area contributed by atoms with Crippen molar-refractivity contribution in [3.8, 4) is 5.75 Å². The van der Waals surface area contributed by atoms with Gasteiger partial charge in [0.15, 0.2) is 0 Å². The number of benzene rings is 2. The lowest BCUT2D eigenvalue weighted by Gasteiger charge is -2.20. The standard InChI is InChI=1S/C25H27NO6/c1-15(2)12-20(26-25(29)30-14-18-8-6-5-7-9-18)24(28)31-21-11-10-19-16(3)13-22(27)32-23(19)17(21)4/h5-11,13,15,20H,12,14H2,1-4H3,(H,26,29)/t20-/m1/s1. The van der Waals surface area contributed by atoms with Gasteiger partial charge in [0, 0.05) is 17.0 Å². The Labute approximate surface area is 186 Å². The summed E-state index contributed by atoms with van der Waals surface area (Å²) < 4.78 is 16.2. The Morgan fingerprint density at radius 1 is 1.06 bits per heavy atom. The second-order valence-corrected chi connectivity index (χ2v) is 8.12. The first-order valence-electron chi connectivity index (χ1n) is 10.5. The van der Waals surface area contributed by atoms with Crippen molar-refractivity contribution in [2.24, 2.45) is 5.92 Å². The molecule has 1 aromatic heterocycles. The van der Waals surface area contributed by atoms with E-state index in [0.29, 0.717) is 17.6 Å². The fourth-order valence-corrected chi connectivity index (χ4v) is 3.38. The summed E-state index contributed by atoms with van der Waals surface area (Å²) in [6, 6.07) is 13.2. The monoisotopic (exact) mass is 437 g/mol. The number of nitrogens with one attached hydrogen (secondary N) is 1. The van der Waals surface area contributed by atoms with E-state index in [-0.39, 0.29) is 18.3 Å². The maximum Gasteiger partial charge on any atom is 0.408 e. The third-order valence-electron chi connectivity index (χ3n) is 5.03. The van der Waals surface area contributed by atoms with Crippen LogP contribution in [0.15, 0.2) is 57.7 Å². The number of hydrogen-bond acceptors (Lipinski definition) is 6. The smallest absolute Gasteiger partial charge is 0.408 e. The third kappa shape index (κ3) is 5.75. The molecule has 0 aliphatic rings. The molecule has 0 unspecified atom stereocenters.